The summed E-state index contributed by atoms with van der Waals surface area (Å²) in [5.41, 5.74) is 0.957. The van der Waals surface area contributed by atoms with E-state index in [0.29, 0.717) is 5.56 Å². The molecule has 1 aromatic carbocycles. The van der Waals surface area contributed by atoms with Crippen molar-refractivity contribution in [2.45, 2.75) is 57.3 Å². The Morgan fingerprint density at radius 1 is 0.757 bits per heavy atom. The number of amides is 4. The van der Waals surface area contributed by atoms with Gasteiger partial charge in [-0.1, -0.05) is 44.2 Å². The van der Waals surface area contributed by atoms with Crippen molar-refractivity contribution in [3.8, 4) is 0 Å². The molecule has 0 aliphatic carbocycles. The van der Waals surface area contributed by atoms with Crippen LogP contribution in [0.3, 0.4) is 0 Å². The van der Waals surface area contributed by atoms with E-state index >= 15 is 0 Å². The number of carbonyl (C=O) groups is 5. The number of hydrogen-bond acceptors (Lipinski definition) is 6. The van der Waals surface area contributed by atoms with E-state index in [2.05, 4.69) is 26.3 Å². The third-order valence-corrected chi connectivity index (χ3v) is 5.63. The maximum atomic E-state index is 12.9. The second kappa shape index (κ2) is 14.4. The quantitative estimate of drug-likeness (QED) is 0.180. The number of rotatable bonds is 14. The third-order valence-electron chi connectivity index (χ3n) is 5.63. The molecule has 0 aliphatic heterocycles. The molecule has 0 saturated carbocycles. The van der Waals surface area contributed by atoms with Crippen LogP contribution in [0.2, 0.25) is 0 Å². The SMILES string of the molecule is CCC(NC(=O)C(Cc1ccccc1)NC(=O)C(CO)NC(=O)C(CC)NC(=O)c1ccc[nH]1)C(=O)O. The van der Waals surface area contributed by atoms with Gasteiger partial charge in [0, 0.05) is 12.6 Å². The molecule has 0 bridgehead atoms. The largest absolute Gasteiger partial charge is 0.480 e. The Morgan fingerprint density at radius 3 is 1.86 bits per heavy atom. The number of H-pyrrole nitrogens is 1. The second-order valence-electron chi connectivity index (χ2n) is 8.32. The molecular weight excluding hydrogens is 482 g/mol. The predicted molar refractivity (Wildman–Crippen MR) is 133 cm³/mol. The molecule has 0 saturated heterocycles. The van der Waals surface area contributed by atoms with E-state index in [1.807, 2.05) is 0 Å². The van der Waals surface area contributed by atoms with E-state index in [1.165, 1.54) is 6.07 Å². The highest BCUT2D eigenvalue weighted by molar-refractivity contribution is 5.98. The van der Waals surface area contributed by atoms with Gasteiger partial charge < -0.3 is 36.5 Å². The molecule has 12 nitrogen and oxygen atoms in total. The molecule has 1 aromatic heterocycles. The monoisotopic (exact) mass is 515 g/mol. The summed E-state index contributed by atoms with van der Waals surface area (Å²) < 4.78 is 0. The maximum absolute atomic E-state index is 12.9. The minimum atomic E-state index is -1.42. The lowest BCUT2D eigenvalue weighted by Gasteiger charge is -2.25. The first-order chi connectivity index (χ1) is 17.7. The minimum absolute atomic E-state index is 0.0460. The van der Waals surface area contributed by atoms with Crippen molar-refractivity contribution in [1.82, 2.24) is 26.3 Å². The highest BCUT2D eigenvalue weighted by Gasteiger charge is 2.30. The highest BCUT2D eigenvalue weighted by Crippen LogP contribution is 2.06. The molecule has 4 unspecified atom stereocenters. The van der Waals surface area contributed by atoms with Crippen molar-refractivity contribution < 1.29 is 34.2 Å². The lowest BCUT2D eigenvalue weighted by Crippen LogP contribution is -2.59. The van der Waals surface area contributed by atoms with E-state index < -0.39 is 60.4 Å². The first-order valence-corrected chi connectivity index (χ1v) is 11.9. The lowest BCUT2D eigenvalue weighted by atomic mass is 10.0. The average molecular weight is 516 g/mol. The van der Waals surface area contributed by atoms with Gasteiger partial charge in [0.05, 0.1) is 6.61 Å². The molecule has 37 heavy (non-hydrogen) atoms. The second-order valence-corrected chi connectivity index (χ2v) is 8.32. The summed E-state index contributed by atoms with van der Waals surface area (Å²) in [6.45, 7) is 2.49. The van der Waals surface area contributed by atoms with Crippen LogP contribution in [0.4, 0.5) is 0 Å². The van der Waals surface area contributed by atoms with Crippen LogP contribution in [0.25, 0.3) is 0 Å². The fourth-order valence-electron chi connectivity index (χ4n) is 3.47. The maximum Gasteiger partial charge on any atom is 0.326 e. The number of benzene rings is 1. The van der Waals surface area contributed by atoms with Crippen molar-refractivity contribution in [3.05, 3.63) is 59.9 Å². The molecular formula is C25H33N5O7. The van der Waals surface area contributed by atoms with Gasteiger partial charge >= 0.3 is 5.97 Å². The summed E-state index contributed by atoms with van der Waals surface area (Å²) in [7, 11) is 0. The van der Waals surface area contributed by atoms with E-state index in [9.17, 15) is 34.2 Å². The molecule has 7 N–H and O–H groups in total. The molecule has 0 fully saturated rings. The molecule has 200 valence electrons. The number of carboxylic acid groups (broad SMARTS) is 1. The van der Waals surface area contributed by atoms with Crippen LogP contribution < -0.4 is 21.3 Å². The number of aliphatic hydroxyl groups excluding tert-OH is 1. The van der Waals surface area contributed by atoms with Gasteiger partial charge in [-0.15, -0.1) is 0 Å². The van der Waals surface area contributed by atoms with Crippen LogP contribution in [0.1, 0.15) is 42.7 Å². The zero-order valence-corrected chi connectivity index (χ0v) is 20.7. The van der Waals surface area contributed by atoms with E-state index in [-0.39, 0.29) is 25.0 Å². The molecule has 2 aromatic rings. The van der Waals surface area contributed by atoms with Crippen molar-refractivity contribution in [1.29, 1.82) is 0 Å². The number of aromatic nitrogens is 1. The van der Waals surface area contributed by atoms with Crippen LogP contribution >= 0.6 is 0 Å². The minimum Gasteiger partial charge on any atom is -0.480 e. The first-order valence-electron chi connectivity index (χ1n) is 11.9. The van der Waals surface area contributed by atoms with Gasteiger partial charge in [-0.05, 0) is 30.5 Å². The summed E-state index contributed by atoms with van der Waals surface area (Å²) in [6, 6.07) is 7.20. The van der Waals surface area contributed by atoms with Gasteiger partial charge in [-0.3, -0.25) is 19.2 Å². The number of aromatic amines is 1. The first kappa shape index (κ1) is 29.0. The number of nitrogens with one attached hydrogen (secondary N) is 5. The van der Waals surface area contributed by atoms with Gasteiger partial charge in [0.1, 0.15) is 29.9 Å². The summed E-state index contributed by atoms with van der Waals surface area (Å²) in [5, 5.41) is 28.9. The zero-order valence-electron chi connectivity index (χ0n) is 20.7. The number of aliphatic hydroxyl groups is 1. The topological polar surface area (TPSA) is 190 Å². The third kappa shape index (κ3) is 8.76. The Kier molecular flexibility index (Phi) is 11.3. The van der Waals surface area contributed by atoms with Gasteiger partial charge in [-0.2, -0.15) is 0 Å². The number of carbonyl (C=O) groups excluding carboxylic acids is 4. The summed E-state index contributed by atoms with van der Waals surface area (Å²) in [5.74, 6) is -3.99. The van der Waals surface area contributed by atoms with Gasteiger partial charge in [-0.25, -0.2) is 4.79 Å². The summed E-state index contributed by atoms with van der Waals surface area (Å²) in [6.07, 6.45) is 1.95. The van der Waals surface area contributed by atoms with Crippen LogP contribution in [-0.4, -0.2) is 75.6 Å². The number of hydrogen-bond donors (Lipinski definition) is 7. The number of carboxylic acids is 1. The average Bonchev–Trinajstić information content (AvgIpc) is 3.43. The van der Waals surface area contributed by atoms with E-state index in [1.54, 1.807) is 56.4 Å². The molecule has 0 radical (unpaired) electrons. The van der Waals surface area contributed by atoms with Crippen LogP contribution in [-0.2, 0) is 25.6 Å². The molecule has 0 spiro atoms. The Morgan fingerprint density at radius 2 is 1.32 bits per heavy atom. The Hall–Kier alpha value is -4.19. The molecule has 12 heteroatoms. The molecule has 4 amide bonds. The fourth-order valence-corrected chi connectivity index (χ4v) is 3.47. The summed E-state index contributed by atoms with van der Waals surface area (Å²) >= 11 is 0. The van der Waals surface area contributed by atoms with E-state index in [0.717, 1.165) is 0 Å². The number of aliphatic carboxylic acids is 1. The molecule has 2 rings (SSSR count). The highest BCUT2D eigenvalue weighted by atomic mass is 16.4. The van der Waals surface area contributed by atoms with Gasteiger partial charge in [0.25, 0.3) is 5.91 Å². The van der Waals surface area contributed by atoms with Crippen molar-refractivity contribution in [3.63, 3.8) is 0 Å². The molecule has 4 atom stereocenters. The fraction of sp³-hybridized carbons (Fsp3) is 0.400. The Balaban J connectivity index is 2.11. The summed E-state index contributed by atoms with van der Waals surface area (Å²) in [4.78, 5) is 65.0. The van der Waals surface area contributed by atoms with Crippen molar-refractivity contribution >= 4 is 29.6 Å². The molecule has 1 heterocycles. The van der Waals surface area contributed by atoms with Crippen molar-refractivity contribution in [2.24, 2.45) is 0 Å². The normalized spacial score (nSPS) is 13.9. The van der Waals surface area contributed by atoms with Crippen LogP contribution in [0.5, 0.6) is 0 Å². The smallest absolute Gasteiger partial charge is 0.326 e. The van der Waals surface area contributed by atoms with E-state index in [4.69, 9.17) is 0 Å². The molecule has 0 aliphatic rings. The van der Waals surface area contributed by atoms with Crippen LogP contribution in [0, 0.1) is 0 Å². The van der Waals surface area contributed by atoms with Crippen molar-refractivity contribution in [2.75, 3.05) is 6.61 Å². The van der Waals surface area contributed by atoms with Gasteiger partial charge in [0.2, 0.25) is 17.7 Å². The van der Waals surface area contributed by atoms with Crippen LogP contribution in [0.15, 0.2) is 48.7 Å². The Labute approximate surface area is 214 Å². The predicted octanol–water partition coefficient (Wildman–Crippen LogP) is -0.293. The lowest BCUT2D eigenvalue weighted by molar-refractivity contribution is -0.142. The standard InChI is InChI=1S/C25H33N5O7/c1-3-16(27-22(33)18-11-8-12-26-18)21(32)30-20(14-31)24(35)29-19(13-15-9-6-5-7-10-15)23(34)28-17(4-2)25(36)37/h5-12,16-17,19-20,26,31H,3-4,13-14H2,1-2H3,(H,27,33)(H,28,34)(H,29,35)(H,30,32)(H,36,37). The Bertz CT molecular complexity index is 1060. The zero-order chi connectivity index (χ0) is 27.4. The van der Waals surface area contributed by atoms with Gasteiger partial charge in [0.15, 0.2) is 0 Å².